The minimum absolute atomic E-state index is 0.387. The van der Waals surface area contributed by atoms with Crippen LogP contribution in [0.5, 0.6) is 0 Å². The SMILES string of the molecule is Cc1ccc(-c2ccoc2C=O)cc1C. The van der Waals surface area contributed by atoms with Gasteiger partial charge in [0.25, 0.3) is 0 Å². The minimum Gasteiger partial charge on any atom is -0.461 e. The molecule has 15 heavy (non-hydrogen) atoms. The monoisotopic (exact) mass is 200 g/mol. The highest BCUT2D eigenvalue weighted by molar-refractivity contribution is 5.84. The van der Waals surface area contributed by atoms with Gasteiger partial charge in [0.2, 0.25) is 0 Å². The normalized spacial score (nSPS) is 10.3. The van der Waals surface area contributed by atoms with Gasteiger partial charge in [0.05, 0.1) is 6.26 Å². The molecule has 2 rings (SSSR count). The average molecular weight is 200 g/mol. The number of aryl methyl sites for hydroxylation is 2. The summed E-state index contributed by atoms with van der Waals surface area (Å²) in [5.41, 5.74) is 4.34. The van der Waals surface area contributed by atoms with Crippen molar-refractivity contribution >= 4 is 6.29 Å². The van der Waals surface area contributed by atoms with Crippen molar-refractivity contribution in [2.45, 2.75) is 13.8 Å². The molecular formula is C13H12O2. The smallest absolute Gasteiger partial charge is 0.185 e. The second kappa shape index (κ2) is 3.73. The van der Waals surface area contributed by atoms with Crippen LogP contribution < -0.4 is 0 Å². The zero-order chi connectivity index (χ0) is 10.8. The van der Waals surface area contributed by atoms with E-state index in [1.165, 1.54) is 17.4 Å². The fraction of sp³-hybridized carbons (Fsp3) is 0.154. The van der Waals surface area contributed by atoms with Crippen LogP contribution in [0.15, 0.2) is 34.9 Å². The fourth-order valence-corrected chi connectivity index (χ4v) is 1.56. The summed E-state index contributed by atoms with van der Waals surface area (Å²) in [6.45, 7) is 4.12. The van der Waals surface area contributed by atoms with Crippen LogP contribution in [0, 0.1) is 13.8 Å². The van der Waals surface area contributed by atoms with Gasteiger partial charge in [-0.05, 0) is 36.6 Å². The molecule has 0 saturated heterocycles. The van der Waals surface area contributed by atoms with Gasteiger partial charge in [-0.1, -0.05) is 18.2 Å². The van der Waals surface area contributed by atoms with E-state index in [9.17, 15) is 4.79 Å². The summed E-state index contributed by atoms with van der Waals surface area (Å²) in [5, 5.41) is 0. The molecule has 0 N–H and O–H groups in total. The Kier molecular flexibility index (Phi) is 2.42. The molecule has 2 heteroatoms. The molecule has 0 bridgehead atoms. The summed E-state index contributed by atoms with van der Waals surface area (Å²) in [4.78, 5) is 10.7. The van der Waals surface area contributed by atoms with Gasteiger partial charge in [0, 0.05) is 5.56 Å². The molecule has 0 aliphatic heterocycles. The van der Waals surface area contributed by atoms with Crippen LogP contribution in [0.25, 0.3) is 11.1 Å². The highest BCUT2D eigenvalue weighted by atomic mass is 16.3. The lowest BCUT2D eigenvalue weighted by Gasteiger charge is -2.03. The molecule has 0 radical (unpaired) electrons. The molecule has 1 aromatic carbocycles. The van der Waals surface area contributed by atoms with E-state index in [4.69, 9.17) is 4.42 Å². The van der Waals surface area contributed by atoms with Crippen LogP contribution in [-0.4, -0.2) is 6.29 Å². The lowest BCUT2D eigenvalue weighted by Crippen LogP contribution is -1.85. The van der Waals surface area contributed by atoms with E-state index in [0.29, 0.717) is 5.76 Å². The number of hydrogen-bond donors (Lipinski definition) is 0. The van der Waals surface area contributed by atoms with Crippen molar-refractivity contribution in [2.24, 2.45) is 0 Å². The molecule has 1 aromatic heterocycles. The standard InChI is InChI=1S/C13H12O2/c1-9-3-4-11(7-10(9)2)12-5-6-15-13(12)8-14/h3-8H,1-2H3. The Morgan fingerprint density at radius 2 is 1.93 bits per heavy atom. The van der Waals surface area contributed by atoms with Crippen LogP contribution in [0.2, 0.25) is 0 Å². The zero-order valence-electron chi connectivity index (χ0n) is 8.78. The van der Waals surface area contributed by atoms with Gasteiger partial charge in [-0.15, -0.1) is 0 Å². The van der Waals surface area contributed by atoms with Crippen LogP contribution in [0.4, 0.5) is 0 Å². The van der Waals surface area contributed by atoms with Gasteiger partial charge in [0.1, 0.15) is 0 Å². The number of benzene rings is 1. The predicted molar refractivity (Wildman–Crippen MR) is 59.0 cm³/mol. The third kappa shape index (κ3) is 1.71. The summed E-state index contributed by atoms with van der Waals surface area (Å²) in [5.74, 6) is 0.387. The first-order valence-corrected chi connectivity index (χ1v) is 4.82. The van der Waals surface area contributed by atoms with Gasteiger partial charge in [-0.3, -0.25) is 4.79 Å². The maximum Gasteiger partial charge on any atom is 0.185 e. The molecule has 76 valence electrons. The van der Waals surface area contributed by atoms with E-state index >= 15 is 0 Å². The van der Waals surface area contributed by atoms with Gasteiger partial charge < -0.3 is 4.42 Å². The van der Waals surface area contributed by atoms with Gasteiger partial charge in [-0.25, -0.2) is 0 Å². The number of carbonyl (C=O) groups excluding carboxylic acids is 1. The molecule has 0 aliphatic carbocycles. The van der Waals surface area contributed by atoms with Gasteiger partial charge >= 0.3 is 0 Å². The zero-order valence-corrected chi connectivity index (χ0v) is 8.78. The fourth-order valence-electron chi connectivity index (χ4n) is 1.56. The lowest BCUT2D eigenvalue weighted by molar-refractivity contribution is 0.110. The van der Waals surface area contributed by atoms with E-state index in [-0.39, 0.29) is 0 Å². The quantitative estimate of drug-likeness (QED) is 0.695. The molecule has 1 heterocycles. The van der Waals surface area contributed by atoms with E-state index in [2.05, 4.69) is 19.9 Å². The summed E-state index contributed by atoms with van der Waals surface area (Å²) in [6.07, 6.45) is 2.28. The molecule has 0 aliphatic rings. The Hall–Kier alpha value is -1.83. The van der Waals surface area contributed by atoms with E-state index in [1.807, 2.05) is 18.2 Å². The van der Waals surface area contributed by atoms with Crippen LogP contribution in [-0.2, 0) is 0 Å². The van der Waals surface area contributed by atoms with E-state index in [0.717, 1.165) is 17.4 Å². The minimum atomic E-state index is 0.387. The Balaban J connectivity index is 2.54. The molecule has 0 amide bonds. The maximum atomic E-state index is 10.7. The van der Waals surface area contributed by atoms with E-state index < -0.39 is 0 Å². The molecule has 0 saturated carbocycles. The Bertz CT molecular complexity index is 495. The number of aldehydes is 1. The van der Waals surface area contributed by atoms with Crippen molar-refractivity contribution in [3.8, 4) is 11.1 Å². The largest absolute Gasteiger partial charge is 0.461 e. The molecule has 2 nitrogen and oxygen atoms in total. The van der Waals surface area contributed by atoms with Crippen LogP contribution in [0.3, 0.4) is 0 Å². The predicted octanol–water partition coefficient (Wildman–Crippen LogP) is 3.38. The molecule has 0 spiro atoms. The van der Waals surface area contributed by atoms with Crippen molar-refractivity contribution < 1.29 is 9.21 Å². The van der Waals surface area contributed by atoms with E-state index in [1.54, 1.807) is 0 Å². The number of rotatable bonds is 2. The summed E-state index contributed by atoms with van der Waals surface area (Å²) < 4.78 is 5.07. The number of furan rings is 1. The first kappa shape index (κ1) is 9.71. The van der Waals surface area contributed by atoms with Crippen molar-refractivity contribution in [2.75, 3.05) is 0 Å². The van der Waals surface area contributed by atoms with Crippen molar-refractivity contribution in [3.05, 3.63) is 47.4 Å². The third-order valence-electron chi connectivity index (χ3n) is 2.62. The molecular weight excluding hydrogens is 188 g/mol. The Labute approximate surface area is 88.5 Å². The highest BCUT2D eigenvalue weighted by Gasteiger charge is 2.07. The molecule has 2 aromatic rings. The second-order valence-electron chi connectivity index (χ2n) is 3.62. The van der Waals surface area contributed by atoms with Crippen molar-refractivity contribution in [1.29, 1.82) is 0 Å². The van der Waals surface area contributed by atoms with Crippen molar-refractivity contribution in [1.82, 2.24) is 0 Å². The highest BCUT2D eigenvalue weighted by Crippen LogP contribution is 2.25. The first-order valence-electron chi connectivity index (χ1n) is 4.82. The van der Waals surface area contributed by atoms with Crippen LogP contribution >= 0.6 is 0 Å². The summed E-state index contributed by atoms with van der Waals surface area (Å²) in [6, 6.07) is 7.92. The third-order valence-corrected chi connectivity index (χ3v) is 2.62. The summed E-state index contributed by atoms with van der Waals surface area (Å²) >= 11 is 0. The second-order valence-corrected chi connectivity index (χ2v) is 3.62. The number of carbonyl (C=O) groups is 1. The number of hydrogen-bond acceptors (Lipinski definition) is 2. The van der Waals surface area contributed by atoms with Gasteiger partial charge in [0.15, 0.2) is 12.0 Å². The van der Waals surface area contributed by atoms with Gasteiger partial charge in [-0.2, -0.15) is 0 Å². The Morgan fingerprint density at radius 1 is 1.13 bits per heavy atom. The topological polar surface area (TPSA) is 30.2 Å². The van der Waals surface area contributed by atoms with Crippen LogP contribution in [0.1, 0.15) is 21.7 Å². The molecule has 0 atom stereocenters. The lowest BCUT2D eigenvalue weighted by atomic mass is 10.0. The maximum absolute atomic E-state index is 10.7. The molecule has 0 unspecified atom stereocenters. The summed E-state index contributed by atoms with van der Waals surface area (Å²) in [7, 11) is 0. The average Bonchev–Trinajstić information content (AvgIpc) is 2.70. The first-order chi connectivity index (χ1) is 7.22. The Morgan fingerprint density at radius 3 is 2.60 bits per heavy atom. The van der Waals surface area contributed by atoms with Crippen molar-refractivity contribution in [3.63, 3.8) is 0 Å². The molecule has 0 fully saturated rings.